The molecular weight excluding hydrogens is 504 g/mol. The van der Waals surface area contributed by atoms with E-state index in [1.54, 1.807) is 13.0 Å². The lowest BCUT2D eigenvalue weighted by Crippen LogP contribution is -2.25. The van der Waals surface area contributed by atoms with Crippen molar-refractivity contribution in [3.8, 4) is 17.0 Å². The van der Waals surface area contributed by atoms with Crippen molar-refractivity contribution in [3.63, 3.8) is 0 Å². The molecule has 10 heteroatoms. The third kappa shape index (κ3) is 6.39. The number of aromatic nitrogens is 2. The number of rotatable bonds is 6. The summed E-state index contributed by atoms with van der Waals surface area (Å²) in [6.45, 7) is 6.95. The lowest BCUT2D eigenvalue weighted by atomic mass is 10.0. The molecule has 0 spiro atoms. The van der Waals surface area contributed by atoms with E-state index in [2.05, 4.69) is 21.9 Å². The second-order valence-corrected chi connectivity index (χ2v) is 9.47. The van der Waals surface area contributed by atoms with Crippen LogP contribution in [0.5, 0.6) is 5.75 Å². The molecule has 2 aliphatic rings. The van der Waals surface area contributed by atoms with Gasteiger partial charge in [-0.25, -0.2) is 18.7 Å². The van der Waals surface area contributed by atoms with Gasteiger partial charge in [0.05, 0.1) is 12.7 Å². The largest absolute Gasteiger partial charge is 0.491 e. The molecule has 2 fully saturated rings. The third-order valence-electron chi connectivity index (χ3n) is 6.79. The van der Waals surface area contributed by atoms with E-state index in [0.29, 0.717) is 17.0 Å². The molecule has 0 unspecified atom stereocenters. The highest BCUT2D eigenvalue weighted by Gasteiger charge is 2.25. The first-order valence-electron chi connectivity index (χ1n) is 12.7. The van der Waals surface area contributed by atoms with Gasteiger partial charge in [-0.2, -0.15) is 0 Å². The first-order chi connectivity index (χ1) is 18.7. The van der Waals surface area contributed by atoms with Crippen LogP contribution in [0.3, 0.4) is 0 Å². The van der Waals surface area contributed by atoms with Crippen LogP contribution in [0.2, 0.25) is 0 Å². The number of nitrogens with zero attached hydrogens (tertiary/aromatic N) is 3. The van der Waals surface area contributed by atoms with Crippen LogP contribution in [0, 0.1) is 18.6 Å². The molecule has 3 aromatic rings. The molecule has 1 aromatic heterocycles. The number of anilines is 2. The Morgan fingerprint density at radius 3 is 2.49 bits per heavy atom. The normalized spacial score (nSPS) is 14.3. The smallest absolute Gasteiger partial charge is 0.258 e. The number of methoxy groups -OCH3 is 1. The van der Waals surface area contributed by atoms with Crippen LogP contribution < -0.4 is 15.8 Å². The molecule has 1 aliphatic heterocycles. The van der Waals surface area contributed by atoms with Gasteiger partial charge in [-0.1, -0.05) is 12.6 Å². The molecule has 1 saturated carbocycles. The summed E-state index contributed by atoms with van der Waals surface area (Å²) in [5, 5.41) is 2.60. The van der Waals surface area contributed by atoms with E-state index in [9.17, 15) is 18.4 Å². The summed E-state index contributed by atoms with van der Waals surface area (Å²) in [4.78, 5) is 33.3. The summed E-state index contributed by atoms with van der Waals surface area (Å²) >= 11 is 0. The summed E-state index contributed by atoms with van der Waals surface area (Å²) in [6.07, 6.45) is 7.00. The number of halogens is 2. The number of hydrogen-bond acceptors (Lipinski definition) is 6. The van der Waals surface area contributed by atoms with Crippen molar-refractivity contribution in [1.29, 1.82) is 0 Å². The maximum absolute atomic E-state index is 14.5. The van der Waals surface area contributed by atoms with Crippen LogP contribution in [0.4, 0.5) is 20.3 Å². The Hall–Kier alpha value is -4.34. The van der Waals surface area contributed by atoms with Crippen LogP contribution >= 0.6 is 0 Å². The second-order valence-electron chi connectivity index (χ2n) is 9.47. The molecule has 2 heterocycles. The summed E-state index contributed by atoms with van der Waals surface area (Å²) in [5.74, 6) is -1.11. The van der Waals surface area contributed by atoms with E-state index in [1.165, 1.54) is 43.8 Å². The van der Waals surface area contributed by atoms with Gasteiger partial charge in [0.2, 0.25) is 5.91 Å². The van der Waals surface area contributed by atoms with E-state index >= 15 is 0 Å². The number of amides is 2. The fourth-order valence-corrected chi connectivity index (χ4v) is 4.48. The van der Waals surface area contributed by atoms with E-state index in [4.69, 9.17) is 10.5 Å². The molecule has 39 heavy (non-hydrogen) atoms. The first kappa shape index (κ1) is 27.7. The number of nitrogen functional groups attached to an aromatic ring is 1. The molecule has 2 amide bonds. The SMILES string of the molecule is C=CC(=O)N1CCCC1.COc1c(N)ncnc1-c1cc(F)cc(NC(=O)c2ccc(C3CC3)cc2F)c1C. The number of carbonyl (C=O) groups excluding carboxylic acids is 2. The van der Waals surface area contributed by atoms with Crippen molar-refractivity contribution in [1.82, 2.24) is 14.9 Å². The molecule has 8 nitrogen and oxygen atoms in total. The number of likely N-dealkylation sites (tertiary alicyclic amines) is 1. The highest BCUT2D eigenvalue weighted by atomic mass is 19.1. The fourth-order valence-electron chi connectivity index (χ4n) is 4.48. The Labute approximate surface area is 225 Å². The number of carbonyl (C=O) groups is 2. The maximum atomic E-state index is 14.5. The molecule has 1 aliphatic carbocycles. The van der Waals surface area contributed by atoms with E-state index in [-0.39, 0.29) is 34.4 Å². The van der Waals surface area contributed by atoms with Gasteiger partial charge >= 0.3 is 0 Å². The van der Waals surface area contributed by atoms with Gasteiger partial charge in [0, 0.05) is 24.3 Å². The minimum Gasteiger partial charge on any atom is -0.491 e. The zero-order chi connectivity index (χ0) is 28.1. The summed E-state index contributed by atoms with van der Waals surface area (Å²) in [6, 6.07) is 7.05. The molecule has 2 aromatic carbocycles. The number of nitrogens with one attached hydrogen (secondary N) is 1. The van der Waals surface area contributed by atoms with Gasteiger partial charge in [0.15, 0.2) is 11.6 Å². The molecule has 0 bridgehead atoms. The van der Waals surface area contributed by atoms with Gasteiger partial charge in [-0.15, -0.1) is 0 Å². The Bertz CT molecular complexity index is 1400. The zero-order valence-electron chi connectivity index (χ0n) is 22.0. The van der Waals surface area contributed by atoms with E-state index in [1.807, 2.05) is 4.90 Å². The Balaban J connectivity index is 0.000000333. The Morgan fingerprint density at radius 2 is 1.87 bits per heavy atom. The van der Waals surface area contributed by atoms with Gasteiger partial charge in [-0.05, 0) is 80.0 Å². The molecule has 3 N–H and O–H groups in total. The summed E-state index contributed by atoms with van der Waals surface area (Å²) < 4.78 is 34.1. The molecule has 0 radical (unpaired) electrons. The van der Waals surface area contributed by atoms with Crippen LogP contribution in [-0.4, -0.2) is 46.9 Å². The third-order valence-corrected chi connectivity index (χ3v) is 6.79. The van der Waals surface area contributed by atoms with Crippen molar-refractivity contribution >= 4 is 23.3 Å². The second kappa shape index (κ2) is 12.0. The minimum atomic E-state index is -0.663. The van der Waals surface area contributed by atoms with Crippen molar-refractivity contribution in [2.24, 2.45) is 0 Å². The maximum Gasteiger partial charge on any atom is 0.258 e. The Kier molecular flexibility index (Phi) is 8.53. The van der Waals surface area contributed by atoms with Gasteiger partial charge in [0.25, 0.3) is 5.91 Å². The summed E-state index contributed by atoms with van der Waals surface area (Å²) in [5.41, 5.74) is 8.00. The molecule has 204 valence electrons. The number of hydrogen-bond donors (Lipinski definition) is 2. The van der Waals surface area contributed by atoms with Crippen molar-refractivity contribution in [3.05, 3.63) is 77.6 Å². The highest BCUT2D eigenvalue weighted by molar-refractivity contribution is 6.05. The zero-order valence-corrected chi connectivity index (χ0v) is 22.0. The number of ether oxygens (including phenoxy) is 1. The predicted molar refractivity (Wildman–Crippen MR) is 145 cm³/mol. The Morgan fingerprint density at radius 1 is 1.15 bits per heavy atom. The molecular formula is C29H31F2N5O3. The highest BCUT2D eigenvalue weighted by Crippen LogP contribution is 2.40. The quantitative estimate of drug-likeness (QED) is 0.418. The van der Waals surface area contributed by atoms with E-state index in [0.717, 1.165) is 44.3 Å². The molecule has 0 atom stereocenters. The average molecular weight is 536 g/mol. The fraction of sp³-hybridized carbons (Fsp3) is 0.310. The van der Waals surface area contributed by atoms with Crippen molar-refractivity contribution < 1.29 is 23.1 Å². The van der Waals surface area contributed by atoms with Gasteiger partial charge in [-0.3, -0.25) is 9.59 Å². The first-order valence-corrected chi connectivity index (χ1v) is 12.7. The van der Waals surface area contributed by atoms with Crippen LogP contribution in [-0.2, 0) is 4.79 Å². The monoisotopic (exact) mass is 535 g/mol. The lowest BCUT2D eigenvalue weighted by Gasteiger charge is -2.15. The molecule has 1 saturated heterocycles. The van der Waals surface area contributed by atoms with Crippen LogP contribution in [0.25, 0.3) is 11.3 Å². The van der Waals surface area contributed by atoms with Crippen molar-refractivity contribution in [2.45, 2.75) is 38.5 Å². The van der Waals surface area contributed by atoms with Gasteiger partial charge < -0.3 is 20.7 Å². The average Bonchev–Trinajstić information content (AvgIpc) is 3.63. The number of nitrogens with two attached hydrogens (primary N) is 1. The minimum absolute atomic E-state index is 0.0764. The topological polar surface area (TPSA) is 110 Å². The molecule has 5 rings (SSSR count). The van der Waals surface area contributed by atoms with Crippen molar-refractivity contribution in [2.75, 3.05) is 31.2 Å². The standard InChI is InChI=1S/C22H20F2N4O2.C7H11NO/c1-11-16(19-20(30-2)21(25)27-10-26-19)8-14(23)9-18(11)28-22(29)15-6-5-13(7-17(15)24)12-3-4-12;1-2-7(9)8-5-3-4-6-8/h5-10,12H,3-4H2,1-2H3,(H,28,29)(H2,25,26,27);2H,1,3-6H2. The summed E-state index contributed by atoms with van der Waals surface area (Å²) in [7, 11) is 1.41. The van der Waals surface area contributed by atoms with Crippen LogP contribution in [0.1, 0.15) is 53.1 Å². The van der Waals surface area contributed by atoms with E-state index < -0.39 is 17.5 Å². The number of benzene rings is 2. The predicted octanol–water partition coefficient (Wildman–Crippen LogP) is 5.25. The van der Waals surface area contributed by atoms with Crippen LogP contribution in [0.15, 0.2) is 49.3 Å². The lowest BCUT2D eigenvalue weighted by molar-refractivity contribution is -0.124. The van der Waals surface area contributed by atoms with Gasteiger partial charge in [0.1, 0.15) is 23.7 Å².